The summed E-state index contributed by atoms with van der Waals surface area (Å²) < 4.78 is 0. The van der Waals surface area contributed by atoms with Gasteiger partial charge in [0, 0.05) is 12.1 Å². The summed E-state index contributed by atoms with van der Waals surface area (Å²) in [6.45, 7) is 13.9. The quantitative estimate of drug-likeness (QED) is 0.779. The molecule has 0 spiro atoms. The molecule has 1 aliphatic rings. The number of nitrogens with two attached hydrogens (primary N) is 1. The third-order valence-corrected chi connectivity index (χ3v) is 4.19. The lowest BCUT2D eigenvalue weighted by atomic mass is 9.70. The molecule has 1 heterocycles. The lowest BCUT2D eigenvalue weighted by Gasteiger charge is -2.45. The summed E-state index contributed by atoms with van der Waals surface area (Å²) in [6, 6.07) is 1.04. The summed E-state index contributed by atoms with van der Waals surface area (Å²) >= 11 is 0. The van der Waals surface area contributed by atoms with Crippen LogP contribution in [0.4, 0.5) is 0 Å². The van der Waals surface area contributed by atoms with Crippen molar-refractivity contribution in [3.8, 4) is 0 Å². The van der Waals surface area contributed by atoms with Gasteiger partial charge in [-0.05, 0) is 51.1 Å². The molecule has 0 amide bonds. The molecule has 0 radical (unpaired) electrons. The summed E-state index contributed by atoms with van der Waals surface area (Å²) in [5, 5.41) is 0. The average Bonchev–Trinajstić information content (AvgIpc) is 2.17. The number of hydrogen-bond donors (Lipinski definition) is 1. The van der Waals surface area contributed by atoms with Crippen molar-refractivity contribution in [2.45, 2.75) is 59.5 Å². The van der Waals surface area contributed by atoms with E-state index in [-0.39, 0.29) is 0 Å². The van der Waals surface area contributed by atoms with Crippen LogP contribution in [0, 0.1) is 11.3 Å². The van der Waals surface area contributed by atoms with E-state index in [1.54, 1.807) is 0 Å². The van der Waals surface area contributed by atoms with E-state index in [0.29, 0.717) is 23.4 Å². The molecule has 0 aromatic carbocycles. The first-order valence-electron chi connectivity index (χ1n) is 6.36. The normalized spacial score (nSPS) is 24.8. The fraction of sp³-hybridized carbons (Fsp3) is 1.00. The Morgan fingerprint density at radius 2 is 1.53 bits per heavy atom. The maximum atomic E-state index is 6.33. The second kappa shape index (κ2) is 4.84. The maximum Gasteiger partial charge on any atom is 0.0117 e. The molecule has 2 N–H and O–H groups in total. The minimum Gasteiger partial charge on any atom is -0.327 e. The van der Waals surface area contributed by atoms with Gasteiger partial charge < -0.3 is 10.6 Å². The first-order valence-corrected chi connectivity index (χ1v) is 6.36. The molecule has 1 aliphatic heterocycles. The van der Waals surface area contributed by atoms with Crippen LogP contribution in [0.1, 0.15) is 47.5 Å². The Labute approximate surface area is 95.2 Å². The van der Waals surface area contributed by atoms with Crippen LogP contribution < -0.4 is 5.73 Å². The summed E-state index contributed by atoms with van der Waals surface area (Å²) in [4.78, 5) is 2.56. The van der Waals surface area contributed by atoms with Crippen molar-refractivity contribution >= 4 is 0 Å². The average molecular weight is 212 g/mol. The van der Waals surface area contributed by atoms with Gasteiger partial charge in [0.2, 0.25) is 0 Å². The first kappa shape index (κ1) is 13.0. The number of piperidine rings is 1. The third kappa shape index (κ3) is 2.94. The van der Waals surface area contributed by atoms with Crippen molar-refractivity contribution in [1.29, 1.82) is 0 Å². The minimum absolute atomic E-state index is 0.354. The molecule has 0 aromatic heterocycles. The van der Waals surface area contributed by atoms with Crippen LogP contribution in [0.25, 0.3) is 0 Å². The maximum absolute atomic E-state index is 6.33. The Kier molecular flexibility index (Phi) is 4.19. The molecule has 15 heavy (non-hydrogen) atoms. The smallest absolute Gasteiger partial charge is 0.0117 e. The van der Waals surface area contributed by atoms with Crippen molar-refractivity contribution in [2.24, 2.45) is 17.1 Å². The van der Waals surface area contributed by atoms with Gasteiger partial charge in [0.1, 0.15) is 0 Å². The highest BCUT2D eigenvalue weighted by atomic mass is 15.2. The number of nitrogens with zero attached hydrogens (tertiary/aromatic N) is 1. The largest absolute Gasteiger partial charge is 0.327 e. The Hall–Kier alpha value is -0.0800. The molecular formula is C13H28N2. The zero-order valence-electron chi connectivity index (χ0n) is 11.1. The predicted octanol–water partition coefficient (Wildman–Crippen LogP) is 2.48. The topological polar surface area (TPSA) is 29.3 Å². The molecule has 1 atom stereocenters. The second-order valence-electron chi connectivity index (χ2n) is 6.05. The molecule has 1 saturated heterocycles. The second-order valence-corrected chi connectivity index (χ2v) is 6.05. The van der Waals surface area contributed by atoms with Gasteiger partial charge in [-0.15, -0.1) is 0 Å². The zero-order valence-corrected chi connectivity index (χ0v) is 11.1. The van der Waals surface area contributed by atoms with Crippen molar-refractivity contribution in [3.05, 3.63) is 0 Å². The zero-order chi connectivity index (χ0) is 11.6. The standard InChI is InChI=1S/C13H28N2/c1-10(2)12(14)13(5)6-8-15(9-7-13)11(3)4/h10-12H,6-9,14H2,1-5H3. The Morgan fingerprint density at radius 1 is 1.07 bits per heavy atom. The van der Waals surface area contributed by atoms with E-state index in [1.807, 2.05) is 0 Å². The van der Waals surface area contributed by atoms with Crippen molar-refractivity contribution in [2.75, 3.05) is 13.1 Å². The van der Waals surface area contributed by atoms with Crippen LogP contribution in [0.15, 0.2) is 0 Å². The van der Waals surface area contributed by atoms with Crippen LogP contribution in [0.2, 0.25) is 0 Å². The van der Waals surface area contributed by atoms with Crippen LogP contribution in [-0.4, -0.2) is 30.1 Å². The summed E-state index contributed by atoms with van der Waals surface area (Å²) in [5.74, 6) is 0.598. The van der Waals surface area contributed by atoms with Crippen molar-refractivity contribution in [1.82, 2.24) is 4.90 Å². The van der Waals surface area contributed by atoms with Crippen molar-refractivity contribution in [3.63, 3.8) is 0 Å². The fourth-order valence-corrected chi connectivity index (χ4v) is 2.69. The molecular weight excluding hydrogens is 184 g/mol. The van der Waals surface area contributed by atoms with Gasteiger partial charge in [0.15, 0.2) is 0 Å². The molecule has 0 bridgehead atoms. The van der Waals surface area contributed by atoms with E-state index in [0.717, 1.165) is 0 Å². The lowest BCUT2D eigenvalue weighted by molar-refractivity contribution is 0.0633. The molecule has 1 fully saturated rings. The Bertz CT molecular complexity index is 191. The summed E-state index contributed by atoms with van der Waals surface area (Å²) in [7, 11) is 0. The van der Waals surface area contributed by atoms with Crippen LogP contribution in [0.5, 0.6) is 0 Å². The van der Waals surface area contributed by atoms with Gasteiger partial charge >= 0.3 is 0 Å². The van der Waals surface area contributed by atoms with E-state index < -0.39 is 0 Å². The lowest BCUT2D eigenvalue weighted by Crippen LogP contribution is -2.51. The molecule has 2 heteroatoms. The molecule has 0 aromatic rings. The highest BCUT2D eigenvalue weighted by Crippen LogP contribution is 2.36. The molecule has 1 unspecified atom stereocenters. The number of hydrogen-bond acceptors (Lipinski definition) is 2. The van der Waals surface area contributed by atoms with Crippen LogP contribution >= 0.6 is 0 Å². The summed E-state index contributed by atoms with van der Waals surface area (Å²) in [6.07, 6.45) is 2.51. The van der Waals surface area contributed by atoms with Gasteiger partial charge in [-0.1, -0.05) is 20.8 Å². The van der Waals surface area contributed by atoms with Gasteiger partial charge in [-0.2, -0.15) is 0 Å². The fourth-order valence-electron chi connectivity index (χ4n) is 2.69. The van der Waals surface area contributed by atoms with Gasteiger partial charge in [-0.3, -0.25) is 0 Å². The van der Waals surface area contributed by atoms with Gasteiger partial charge in [0.05, 0.1) is 0 Å². The van der Waals surface area contributed by atoms with Gasteiger partial charge in [0.25, 0.3) is 0 Å². The number of rotatable bonds is 3. The minimum atomic E-state index is 0.354. The van der Waals surface area contributed by atoms with Crippen LogP contribution in [0.3, 0.4) is 0 Å². The van der Waals surface area contributed by atoms with Crippen LogP contribution in [-0.2, 0) is 0 Å². The van der Waals surface area contributed by atoms with E-state index in [1.165, 1.54) is 25.9 Å². The molecule has 0 aliphatic carbocycles. The summed E-state index contributed by atoms with van der Waals surface area (Å²) in [5.41, 5.74) is 6.69. The molecule has 0 saturated carbocycles. The van der Waals surface area contributed by atoms with E-state index in [2.05, 4.69) is 39.5 Å². The Balaban J connectivity index is 2.54. The van der Waals surface area contributed by atoms with Gasteiger partial charge in [-0.25, -0.2) is 0 Å². The monoisotopic (exact) mass is 212 g/mol. The number of likely N-dealkylation sites (tertiary alicyclic amines) is 1. The molecule has 1 rings (SSSR count). The Morgan fingerprint density at radius 3 is 1.87 bits per heavy atom. The first-order chi connectivity index (χ1) is 6.87. The molecule has 90 valence electrons. The van der Waals surface area contributed by atoms with Crippen molar-refractivity contribution < 1.29 is 0 Å². The highest BCUT2D eigenvalue weighted by molar-refractivity contribution is 4.92. The molecule has 2 nitrogen and oxygen atoms in total. The van der Waals surface area contributed by atoms with E-state index in [4.69, 9.17) is 5.73 Å². The SMILES string of the molecule is CC(C)C(N)C1(C)CCN(C(C)C)CC1. The third-order valence-electron chi connectivity index (χ3n) is 4.19. The van der Waals surface area contributed by atoms with E-state index in [9.17, 15) is 0 Å². The predicted molar refractivity (Wildman–Crippen MR) is 66.9 cm³/mol. The van der Waals surface area contributed by atoms with E-state index >= 15 is 0 Å². The highest BCUT2D eigenvalue weighted by Gasteiger charge is 2.37.